The summed E-state index contributed by atoms with van der Waals surface area (Å²) in [5.74, 6) is -1.01. The van der Waals surface area contributed by atoms with Gasteiger partial charge >= 0.3 is 12.1 Å². The maximum Gasteiger partial charge on any atom is 0.432 e. The molecule has 0 unspecified atom stereocenters. The highest BCUT2D eigenvalue weighted by atomic mass is 19.4. The molecule has 1 heterocycles. The number of rotatable bonds is 5. The third kappa shape index (κ3) is 3.58. The first-order chi connectivity index (χ1) is 13.3. The molecular formula is C21H21F3O4. The summed E-state index contributed by atoms with van der Waals surface area (Å²) >= 11 is 0. The summed E-state index contributed by atoms with van der Waals surface area (Å²) < 4.78 is 57.6. The van der Waals surface area contributed by atoms with E-state index in [4.69, 9.17) is 14.2 Å². The lowest BCUT2D eigenvalue weighted by Gasteiger charge is -2.35. The van der Waals surface area contributed by atoms with Crippen LogP contribution in [-0.2, 0) is 26.3 Å². The van der Waals surface area contributed by atoms with Crippen molar-refractivity contribution >= 4 is 5.97 Å². The molecule has 0 aliphatic carbocycles. The van der Waals surface area contributed by atoms with Crippen LogP contribution >= 0.6 is 0 Å². The van der Waals surface area contributed by atoms with Gasteiger partial charge in [-0.15, -0.1) is 0 Å². The lowest BCUT2D eigenvalue weighted by Crippen LogP contribution is -2.53. The molecule has 0 radical (unpaired) electrons. The zero-order chi connectivity index (χ0) is 20.4. The van der Waals surface area contributed by atoms with E-state index in [1.54, 1.807) is 13.0 Å². The van der Waals surface area contributed by atoms with Crippen LogP contribution in [0.1, 0.15) is 18.1 Å². The number of methoxy groups -OCH3 is 1. The van der Waals surface area contributed by atoms with Crippen LogP contribution in [-0.4, -0.2) is 32.0 Å². The predicted molar refractivity (Wildman–Crippen MR) is 95.9 cm³/mol. The summed E-state index contributed by atoms with van der Waals surface area (Å²) in [6.07, 6.45) is -5.24. The van der Waals surface area contributed by atoms with Gasteiger partial charge in [-0.3, -0.25) is 0 Å². The van der Waals surface area contributed by atoms with E-state index in [1.165, 1.54) is 24.3 Å². The zero-order valence-electron chi connectivity index (χ0n) is 15.5. The second-order valence-corrected chi connectivity index (χ2v) is 6.74. The molecule has 28 heavy (non-hydrogen) atoms. The van der Waals surface area contributed by atoms with Gasteiger partial charge < -0.3 is 14.2 Å². The Labute approximate surface area is 161 Å². The van der Waals surface area contributed by atoms with E-state index >= 15 is 0 Å². The van der Waals surface area contributed by atoms with Crippen molar-refractivity contribution in [2.45, 2.75) is 31.2 Å². The standard InChI is InChI=1S/C21H21F3O4/c1-14(16-12-15-8-6-7-11-18(15)27-13-16)28-19(25)20(26-2,21(22,23)24)17-9-4-3-5-10-17/h3-11,14,16H,12-13H2,1-2H3/t14-,16-,20+/m1/s1. The van der Waals surface area contributed by atoms with Crippen LogP contribution in [0.4, 0.5) is 13.2 Å². The maximum atomic E-state index is 14.0. The minimum Gasteiger partial charge on any atom is -0.493 e. The molecule has 0 amide bonds. The average Bonchev–Trinajstić information content (AvgIpc) is 2.68. The predicted octanol–water partition coefficient (Wildman–Crippen LogP) is 4.27. The molecule has 0 aromatic heterocycles. The van der Waals surface area contributed by atoms with Crippen LogP contribution in [0.25, 0.3) is 0 Å². The summed E-state index contributed by atoms with van der Waals surface area (Å²) in [6.45, 7) is 1.82. The van der Waals surface area contributed by atoms with Crippen LogP contribution in [0.3, 0.4) is 0 Å². The van der Waals surface area contributed by atoms with E-state index in [-0.39, 0.29) is 18.1 Å². The molecule has 0 bridgehead atoms. The van der Waals surface area contributed by atoms with Crippen molar-refractivity contribution < 1.29 is 32.2 Å². The summed E-state index contributed by atoms with van der Waals surface area (Å²) in [4.78, 5) is 12.7. The third-order valence-electron chi connectivity index (χ3n) is 5.04. The van der Waals surface area contributed by atoms with Gasteiger partial charge in [0, 0.05) is 18.6 Å². The van der Waals surface area contributed by atoms with Crippen molar-refractivity contribution in [2.75, 3.05) is 13.7 Å². The smallest absolute Gasteiger partial charge is 0.432 e. The van der Waals surface area contributed by atoms with Gasteiger partial charge in [0.1, 0.15) is 11.9 Å². The maximum absolute atomic E-state index is 14.0. The second kappa shape index (κ2) is 7.83. The highest BCUT2D eigenvalue weighted by molar-refractivity contribution is 5.82. The van der Waals surface area contributed by atoms with E-state index in [1.807, 2.05) is 24.3 Å². The number of hydrogen-bond donors (Lipinski definition) is 0. The summed E-state index contributed by atoms with van der Waals surface area (Å²) in [5.41, 5.74) is -2.58. The molecule has 7 heteroatoms. The van der Waals surface area contributed by atoms with Crippen LogP contribution < -0.4 is 4.74 Å². The summed E-state index contributed by atoms with van der Waals surface area (Å²) in [5, 5.41) is 0. The fourth-order valence-corrected chi connectivity index (χ4v) is 3.39. The Morgan fingerprint density at radius 2 is 1.75 bits per heavy atom. The largest absolute Gasteiger partial charge is 0.493 e. The van der Waals surface area contributed by atoms with Gasteiger partial charge in [0.05, 0.1) is 6.61 Å². The number of benzene rings is 2. The Morgan fingerprint density at radius 3 is 2.39 bits per heavy atom. The Bertz CT molecular complexity index is 822. The van der Waals surface area contributed by atoms with Crippen molar-refractivity contribution in [3.05, 3.63) is 65.7 Å². The second-order valence-electron chi connectivity index (χ2n) is 6.74. The van der Waals surface area contributed by atoms with Crippen molar-refractivity contribution in [1.29, 1.82) is 0 Å². The van der Waals surface area contributed by atoms with Gasteiger partial charge in [-0.25, -0.2) is 4.79 Å². The molecule has 1 aliphatic rings. The number of ether oxygens (including phenoxy) is 3. The van der Waals surface area contributed by atoms with Crippen molar-refractivity contribution in [3.8, 4) is 5.75 Å². The Kier molecular flexibility index (Phi) is 5.65. The minimum absolute atomic E-state index is 0.253. The molecule has 0 N–H and O–H groups in total. The van der Waals surface area contributed by atoms with Gasteiger partial charge in [0.25, 0.3) is 5.60 Å². The first-order valence-electron chi connectivity index (χ1n) is 8.88. The van der Waals surface area contributed by atoms with E-state index in [0.717, 1.165) is 18.4 Å². The number of hydrogen-bond acceptors (Lipinski definition) is 4. The molecule has 3 rings (SSSR count). The molecule has 3 atom stereocenters. The fraction of sp³-hybridized carbons (Fsp3) is 0.381. The van der Waals surface area contributed by atoms with Crippen LogP contribution in [0.2, 0.25) is 0 Å². The van der Waals surface area contributed by atoms with Crippen LogP contribution in [0, 0.1) is 5.92 Å². The van der Waals surface area contributed by atoms with E-state index in [0.29, 0.717) is 6.42 Å². The van der Waals surface area contributed by atoms with E-state index in [9.17, 15) is 18.0 Å². The Morgan fingerprint density at radius 1 is 1.11 bits per heavy atom. The highest BCUT2D eigenvalue weighted by Gasteiger charge is 2.64. The number of alkyl halides is 3. The molecule has 150 valence electrons. The highest BCUT2D eigenvalue weighted by Crippen LogP contribution is 2.43. The third-order valence-corrected chi connectivity index (χ3v) is 5.04. The number of halogens is 3. The lowest BCUT2D eigenvalue weighted by atomic mass is 9.91. The van der Waals surface area contributed by atoms with E-state index < -0.39 is 23.9 Å². The topological polar surface area (TPSA) is 44.8 Å². The minimum atomic E-state index is -4.99. The zero-order valence-corrected chi connectivity index (χ0v) is 15.5. The molecular weight excluding hydrogens is 373 g/mol. The monoisotopic (exact) mass is 394 g/mol. The number of para-hydroxylation sites is 1. The van der Waals surface area contributed by atoms with Gasteiger partial charge in [0.2, 0.25) is 0 Å². The molecule has 0 spiro atoms. The summed E-state index contributed by atoms with van der Waals surface area (Å²) in [6, 6.07) is 14.2. The molecule has 2 aromatic rings. The lowest BCUT2D eigenvalue weighted by molar-refractivity contribution is -0.278. The molecule has 1 aliphatic heterocycles. The van der Waals surface area contributed by atoms with Crippen molar-refractivity contribution in [2.24, 2.45) is 5.92 Å². The Balaban J connectivity index is 1.83. The van der Waals surface area contributed by atoms with Crippen molar-refractivity contribution in [1.82, 2.24) is 0 Å². The van der Waals surface area contributed by atoms with Gasteiger partial charge in [-0.1, -0.05) is 48.5 Å². The normalized spacial score (nSPS) is 19.7. The first kappa shape index (κ1) is 20.2. The van der Waals surface area contributed by atoms with Gasteiger partial charge in [0.15, 0.2) is 0 Å². The van der Waals surface area contributed by atoms with Gasteiger partial charge in [-0.2, -0.15) is 13.2 Å². The number of fused-ring (bicyclic) bond motifs is 1. The number of esters is 1. The van der Waals surface area contributed by atoms with E-state index in [2.05, 4.69) is 0 Å². The quantitative estimate of drug-likeness (QED) is 0.711. The molecule has 4 nitrogen and oxygen atoms in total. The average molecular weight is 394 g/mol. The number of carbonyl (C=O) groups excluding carboxylic acids is 1. The number of carbonyl (C=O) groups is 1. The summed E-state index contributed by atoms with van der Waals surface area (Å²) in [7, 11) is 0.854. The molecule has 0 fully saturated rings. The molecule has 0 saturated heterocycles. The molecule has 0 saturated carbocycles. The SMILES string of the molecule is CO[C@](C(=O)O[C@H](C)[C@H]1COc2ccccc2C1)(c1ccccc1)C(F)(F)F. The fourth-order valence-electron chi connectivity index (χ4n) is 3.39. The van der Waals surface area contributed by atoms with Crippen LogP contribution in [0.5, 0.6) is 5.75 Å². The van der Waals surface area contributed by atoms with Crippen LogP contribution in [0.15, 0.2) is 54.6 Å². The Hall–Kier alpha value is -2.54. The van der Waals surface area contributed by atoms with Crippen molar-refractivity contribution in [3.63, 3.8) is 0 Å². The van der Waals surface area contributed by atoms with Gasteiger partial charge in [-0.05, 0) is 25.0 Å². The molecule has 2 aromatic carbocycles. The first-order valence-corrected chi connectivity index (χ1v) is 8.88.